The second-order valence-corrected chi connectivity index (χ2v) is 5.59. The van der Waals surface area contributed by atoms with Crippen LogP contribution in [0.4, 0.5) is 5.69 Å². The number of nitrogens with zero attached hydrogens (tertiary/aromatic N) is 8. The predicted molar refractivity (Wildman–Crippen MR) is 101 cm³/mol. The molecule has 0 saturated heterocycles. The van der Waals surface area contributed by atoms with Crippen LogP contribution in [0.1, 0.15) is 5.56 Å². The van der Waals surface area contributed by atoms with E-state index in [1.807, 2.05) is 71.4 Å². The summed E-state index contributed by atoms with van der Waals surface area (Å²) in [5.74, 6) is 0. The Morgan fingerprint density at radius 2 is 1.63 bits per heavy atom. The lowest BCUT2D eigenvalue weighted by Gasteiger charge is -1.88. The fraction of sp³-hybridized carbons (Fsp3) is 0.0526. The van der Waals surface area contributed by atoms with Crippen LogP contribution in [0.5, 0.6) is 0 Å². The summed E-state index contributed by atoms with van der Waals surface area (Å²) < 4.78 is 3.58. The molecule has 132 valence electrons. The Kier molecular flexibility index (Phi) is 4.87. The zero-order valence-corrected chi connectivity index (χ0v) is 14.4. The second-order valence-electron chi connectivity index (χ2n) is 5.59. The fourth-order valence-electron chi connectivity index (χ4n) is 2.47. The van der Waals surface area contributed by atoms with Gasteiger partial charge in [0.15, 0.2) is 11.3 Å². The number of benzene rings is 1. The van der Waals surface area contributed by atoms with Crippen LogP contribution >= 0.6 is 0 Å². The SMILES string of the molecule is c1ccc2c(c1)CN=N2.c1ccn2cnnc2c1.c1ccn2ncnc2c1. The van der Waals surface area contributed by atoms with Gasteiger partial charge in [0.1, 0.15) is 12.7 Å². The van der Waals surface area contributed by atoms with Gasteiger partial charge in [0.2, 0.25) is 0 Å². The number of hydrogen-bond donors (Lipinski definition) is 0. The average Bonchev–Trinajstić information content (AvgIpc) is 3.48. The molecule has 1 aliphatic heterocycles. The van der Waals surface area contributed by atoms with Crippen molar-refractivity contribution in [2.24, 2.45) is 10.2 Å². The molecule has 8 heteroatoms. The van der Waals surface area contributed by atoms with Gasteiger partial charge in [0.05, 0.1) is 12.2 Å². The van der Waals surface area contributed by atoms with Crippen LogP contribution in [0.2, 0.25) is 0 Å². The molecule has 0 spiro atoms. The third-order valence-electron chi connectivity index (χ3n) is 3.80. The molecule has 0 N–H and O–H groups in total. The molecule has 1 aliphatic rings. The first-order valence-corrected chi connectivity index (χ1v) is 8.34. The summed E-state index contributed by atoms with van der Waals surface area (Å²) in [7, 11) is 0. The van der Waals surface area contributed by atoms with E-state index in [-0.39, 0.29) is 0 Å². The van der Waals surface area contributed by atoms with E-state index in [2.05, 4.69) is 36.6 Å². The number of fused-ring (bicyclic) bond motifs is 3. The smallest absolute Gasteiger partial charge is 0.160 e. The van der Waals surface area contributed by atoms with Crippen molar-refractivity contribution in [3.63, 3.8) is 0 Å². The van der Waals surface area contributed by atoms with Crippen LogP contribution in [0.15, 0.2) is 95.9 Å². The first-order chi connectivity index (χ1) is 13.4. The molecule has 0 aliphatic carbocycles. The van der Waals surface area contributed by atoms with Crippen molar-refractivity contribution < 1.29 is 0 Å². The zero-order chi connectivity index (χ0) is 18.3. The first-order valence-electron chi connectivity index (χ1n) is 8.34. The minimum atomic E-state index is 0.760. The summed E-state index contributed by atoms with van der Waals surface area (Å²) in [5, 5.41) is 19.3. The summed E-state index contributed by atoms with van der Waals surface area (Å²) in [4.78, 5) is 3.97. The Bertz CT molecular complexity index is 1050. The van der Waals surface area contributed by atoms with Crippen molar-refractivity contribution in [1.29, 1.82) is 0 Å². The van der Waals surface area contributed by atoms with Crippen molar-refractivity contribution in [3.05, 3.63) is 91.3 Å². The Balaban J connectivity index is 0.0000001000. The Morgan fingerprint density at radius 3 is 2.48 bits per heavy atom. The second kappa shape index (κ2) is 7.96. The van der Waals surface area contributed by atoms with E-state index in [1.54, 1.807) is 10.8 Å². The third-order valence-corrected chi connectivity index (χ3v) is 3.80. The minimum absolute atomic E-state index is 0.760. The number of hydrogen-bond acceptors (Lipinski definition) is 6. The predicted octanol–water partition coefficient (Wildman–Crippen LogP) is 3.74. The van der Waals surface area contributed by atoms with E-state index in [9.17, 15) is 0 Å². The molecule has 0 amide bonds. The van der Waals surface area contributed by atoms with Gasteiger partial charge in [-0.1, -0.05) is 30.3 Å². The number of pyridine rings is 2. The van der Waals surface area contributed by atoms with Gasteiger partial charge in [0, 0.05) is 18.0 Å². The molecule has 6 rings (SSSR count). The van der Waals surface area contributed by atoms with Gasteiger partial charge in [-0.2, -0.15) is 15.3 Å². The largest absolute Gasteiger partial charge is 0.289 e. The molecule has 4 aromatic heterocycles. The van der Waals surface area contributed by atoms with E-state index < -0.39 is 0 Å². The highest BCUT2D eigenvalue weighted by Gasteiger charge is 2.03. The molecule has 0 radical (unpaired) electrons. The molecule has 1 aromatic carbocycles. The van der Waals surface area contributed by atoms with Crippen LogP contribution in [0.3, 0.4) is 0 Å². The van der Waals surface area contributed by atoms with Gasteiger partial charge in [-0.25, -0.2) is 9.50 Å². The highest BCUT2D eigenvalue weighted by molar-refractivity contribution is 5.46. The molecule has 0 bridgehead atoms. The van der Waals surface area contributed by atoms with Crippen molar-refractivity contribution in [2.75, 3.05) is 0 Å². The van der Waals surface area contributed by atoms with E-state index >= 15 is 0 Å². The number of azo groups is 1. The third kappa shape index (κ3) is 4.01. The maximum atomic E-state index is 3.97. The van der Waals surface area contributed by atoms with Crippen molar-refractivity contribution in [2.45, 2.75) is 6.54 Å². The molecule has 27 heavy (non-hydrogen) atoms. The molecule has 5 aromatic rings. The molecular weight excluding hydrogens is 340 g/mol. The maximum absolute atomic E-state index is 3.97. The summed E-state index contributed by atoms with van der Waals surface area (Å²) in [5.41, 5.74) is 4.03. The fourth-order valence-corrected chi connectivity index (χ4v) is 2.47. The van der Waals surface area contributed by atoms with Gasteiger partial charge >= 0.3 is 0 Å². The Morgan fingerprint density at radius 1 is 0.815 bits per heavy atom. The number of aromatic nitrogens is 6. The van der Waals surface area contributed by atoms with Gasteiger partial charge in [-0.15, -0.1) is 10.2 Å². The highest BCUT2D eigenvalue weighted by atomic mass is 15.3. The van der Waals surface area contributed by atoms with Crippen LogP contribution in [0, 0.1) is 0 Å². The van der Waals surface area contributed by atoms with Gasteiger partial charge in [0.25, 0.3) is 0 Å². The minimum Gasteiger partial charge on any atom is -0.289 e. The molecule has 0 atom stereocenters. The lowest BCUT2D eigenvalue weighted by Crippen LogP contribution is -1.82. The van der Waals surface area contributed by atoms with Crippen molar-refractivity contribution in [1.82, 2.24) is 29.2 Å². The van der Waals surface area contributed by atoms with E-state index in [4.69, 9.17) is 0 Å². The Labute approximate surface area is 154 Å². The lowest BCUT2D eigenvalue weighted by molar-refractivity contribution is 0.961. The molecule has 8 nitrogen and oxygen atoms in total. The van der Waals surface area contributed by atoms with Crippen LogP contribution in [-0.2, 0) is 6.54 Å². The Hall–Kier alpha value is -3.94. The molecule has 0 saturated carbocycles. The van der Waals surface area contributed by atoms with Gasteiger partial charge in [-0.05, 0) is 30.3 Å². The van der Waals surface area contributed by atoms with Gasteiger partial charge < -0.3 is 0 Å². The first kappa shape index (κ1) is 16.5. The quantitative estimate of drug-likeness (QED) is 0.423. The van der Waals surface area contributed by atoms with E-state index in [0.29, 0.717) is 0 Å². The normalized spacial score (nSPS) is 11.4. The van der Waals surface area contributed by atoms with E-state index in [1.165, 1.54) is 11.9 Å². The number of rotatable bonds is 0. The molecule has 0 unspecified atom stereocenters. The summed E-state index contributed by atoms with van der Waals surface area (Å²) in [6.45, 7) is 0.760. The summed E-state index contributed by atoms with van der Waals surface area (Å²) >= 11 is 0. The van der Waals surface area contributed by atoms with Crippen molar-refractivity contribution >= 4 is 17.0 Å². The molecule has 0 fully saturated rings. The topological polar surface area (TPSA) is 85.1 Å². The van der Waals surface area contributed by atoms with Crippen LogP contribution in [0.25, 0.3) is 11.3 Å². The standard InChI is InChI=1S/C7H6N2.2C6H5N3/c1-2-4-7-6(3-1)5-8-9-7;1-2-4-9-5-7-8-6(9)3-1;1-2-4-9-6(3-1)7-5-8-9/h1-4H,5H2;2*1-5H. The maximum Gasteiger partial charge on any atom is 0.160 e. The van der Waals surface area contributed by atoms with Crippen LogP contribution < -0.4 is 0 Å². The summed E-state index contributed by atoms with van der Waals surface area (Å²) in [6, 6.07) is 19.6. The van der Waals surface area contributed by atoms with E-state index in [0.717, 1.165) is 23.5 Å². The van der Waals surface area contributed by atoms with Crippen molar-refractivity contribution in [3.8, 4) is 0 Å². The monoisotopic (exact) mass is 356 g/mol. The van der Waals surface area contributed by atoms with Gasteiger partial charge in [-0.3, -0.25) is 4.40 Å². The summed E-state index contributed by atoms with van der Waals surface area (Å²) in [6.07, 6.45) is 6.99. The lowest BCUT2D eigenvalue weighted by atomic mass is 10.2. The molecular formula is C19H16N8. The van der Waals surface area contributed by atoms with Crippen LogP contribution in [-0.4, -0.2) is 29.2 Å². The average molecular weight is 356 g/mol. The molecule has 5 heterocycles. The zero-order valence-electron chi connectivity index (χ0n) is 14.4. The highest BCUT2D eigenvalue weighted by Crippen LogP contribution is 2.25.